The minimum absolute atomic E-state index is 0.131. The van der Waals surface area contributed by atoms with E-state index in [0.717, 1.165) is 0 Å². The maximum absolute atomic E-state index is 12.4. The SMILES string of the molecule is C#CC(CC)(CC)NC(=O)Cn1cnc2cc(Cl)ccc2c1=O. The van der Waals surface area contributed by atoms with Crippen LogP contribution in [0.1, 0.15) is 26.7 Å². The fraction of sp³-hybridized carbons (Fsp3) is 0.353. The first-order chi connectivity index (χ1) is 10.9. The molecule has 0 radical (unpaired) electrons. The second-order valence-electron chi connectivity index (χ2n) is 5.32. The number of amides is 1. The van der Waals surface area contributed by atoms with Gasteiger partial charge in [-0.05, 0) is 31.0 Å². The first-order valence-electron chi connectivity index (χ1n) is 7.38. The van der Waals surface area contributed by atoms with Crippen LogP contribution in [0.25, 0.3) is 10.9 Å². The van der Waals surface area contributed by atoms with Crippen LogP contribution in [0.2, 0.25) is 5.02 Å². The van der Waals surface area contributed by atoms with Crippen LogP contribution >= 0.6 is 11.6 Å². The number of carbonyl (C=O) groups excluding carboxylic acids is 1. The summed E-state index contributed by atoms with van der Waals surface area (Å²) < 4.78 is 1.26. The lowest BCUT2D eigenvalue weighted by molar-refractivity contribution is -0.123. The zero-order valence-corrected chi connectivity index (χ0v) is 13.9. The Bertz CT molecular complexity index is 832. The summed E-state index contributed by atoms with van der Waals surface area (Å²) in [5.74, 6) is 2.32. The summed E-state index contributed by atoms with van der Waals surface area (Å²) in [6.07, 6.45) is 8.11. The molecule has 1 heterocycles. The predicted molar refractivity (Wildman–Crippen MR) is 91.3 cm³/mol. The molecule has 2 rings (SSSR count). The standard InChI is InChI=1S/C17H18ClN3O2/c1-4-17(5-2,6-3)20-15(22)10-21-11-19-14-9-12(18)7-8-13(14)16(21)23/h1,7-9,11H,5-6,10H2,2-3H3,(H,20,22). The van der Waals surface area contributed by atoms with Gasteiger partial charge in [0, 0.05) is 5.02 Å². The summed E-state index contributed by atoms with van der Waals surface area (Å²) in [5.41, 5.74) is -0.473. The molecule has 2 aromatic rings. The molecule has 0 saturated heterocycles. The van der Waals surface area contributed by atoms with Crippen molar-refractivity contribution in [3.63, 3.8) is 0 Å². The lowest BCUT2D eigenvalue weighted by atomic mass is 9.94. The van der Waals surface area contributed by atoms with Crippen molar-refractivity contribution in [2.24, 2.45) is 0 Å². The van der Waals surface area contributed by atoms with Crippen molar-refractivity contribution in [1.29, 1.82) is 0 Å². The van der Waals surface area contributed by atoms with Crippen LogP contribution in [-0.2, 0) is 11.3 Å². The Morgan fingerprint density at radius 3 is 2.74 bits per heavy atom. The number of benzene rings is 1. The minimum Gasteiger partial charge on any atom is -0.338 e. The topological polar surface area (TPSA) is 64.0 Å². The molecule has 1 aromatic carbocycles. The Morgan fingerprint density at radius 2 is 2.13 bits per heavy atom. The molecule has 0 aliphatic rings. The van der Waals surface area contributed by atoms with E-state index in [2.05, 4.69) is 16.2 Å². The molecule has 23 heavy (non-hydrogen) atoms. The number of rotatable bonds is 5. The van der Waals surface area contributed by atoms with Crippen molar-refractivity contribution in [1.82, 2.24) is 14.9 Å². The van der Waals surface area contributed by atoms with Crippen LogP contribution in [0.15, 0.2) is 29.3 Å². The van der Waals surface area contributed by atoms with E-state index < -0.39 is 5.54 Å². The van der Waals surface area contributed by atoms with Gasteiger partial charge in [-0.3, -0.25) is 14.2 Å². The van der Waals surface area contributed by atoms with Crippen LogP contribution in [0.3, 0.4) is 0 Å². The van der Waals surface area contributed by atoms with Crippen molar-refractivity contribution >= 4 is 28.4 Å². The van der Waals surface area contributed by atoms with Crippen LogP contribution in [0.4, 0.5) is 0 Å². The molecule has 0 fully saturated rings. The average Bonchev–Trinajstić information content (AvgIpc) is 2.55. The average molecular weight is 332 g/mol. The fourth-order valence-corrected chi connectivity index (χ4v) is 2.54. The van der Waals surface area contributed by atoms with Gasteiger partial charge in [0.05, 0.1) is 17.2 Å². The number of terminal acetylenes is 1. The third-order valence-corrected chi connectivity index (χ3v) is 4.20. The molecule has 1 aromatic heterocycles. The zero-order chi connectivity index (χ0) is 17.0. The summed E-state index contributed by atoms with van der Waals surface area (Å²) in [4.78, 5) is 28.8. The van der Waals surface area contributed by atoms with Crippen molar-refractivity contribution in [3.8, 4) is 12.3 Å². The number of nitrogens with zero attached hydrogens (tertiary/aromatic N) is 2. The Labute approximate surface area is 139 Å². The lowest BCUT2D eigenvalue weighted by Crippen LogP contribution is -2.48. The van der Waals surface area contributed by atoms with E-state index in [-0.39, 0.29) is 18.0 Å². The second-order valence-corrected chi connectivity index (χ2v) is 5.76. The fourth-order valence-electron chi connectivity index (χ4n) is 2.37. The highest BCUT2D eigenvalue weighted by Gasteiger charge is 2.25. The summed E-state index contributed by atoms with van der Waals surface area (Å²) in [7, 11) is 0. The largest absolute Gasteiger partial charge is 0.338 e. The normalized spacial score (nSPS) is 11.2. The highest BCUT2D eigenvalue weighted by Crippen LogP contribution is 2.15. The Hall–Kier alpha value is -2.32. The van der Waals surface area contributed by atoms with Crippen molar-refractivity contribution in [2.45, 2.75) is 38.8 Å². The molecule has 1 N–H and O–H groups in total. The maximum atomic E-state index is 12.4. The summed E-state index contributed by atoms with van der Waals surface area (Å²) in [6, 6.07) is 4.83. The molecule has 0 unspecified atom stereocenters. The number of hydrogen-bond acceptors (Lipinski definition) is 3. The van der Waals surface area contributed by atoms with E-state index in [0.29, 0.717) is 28.8 Å². The van der Waals surface area contributed by atoms with E-state index in [4.69, 9.17) is 18.0 Å². The van der Waals surface area contributed by atoms with E-state index in [9.17, 15) is 9.59 Å². The monoisotopic (exact) mass is 331 g/mol. The smallest absolute Gasteiger partial charge is 0.261 e. The van der Waals surface area contributed by atoms with Gasteiger partial charge >= 0.3 is 0 Å². The molecular formula is C17H18ClN3O2. The molecule has 0 aliphatic heterocycles. The molecule has 5 nitrogen and oxygen atoms in total. The van der Waals surface area contributed by atoms with Crippen LogP contribution in [0.5, 0.6) is 0 Å². The predicted octanol–water partition coefficient (Wildman–Crippen LogP) is 2.36. The van der Waals surface area contributed by atoms with E-state index in [1.165, 1.54) is 10.9 Å². The van der Waals surface area contributed by atoms with Gasteiger partial charge in [0.15, 0.2) is 0 Å². The molecule has 0 aliphatic carbocycles. The Morgan fingerprint density at radius 1 is 1.43 bits per heavy atom. The summed E-state index contributed by atoms with van der Waals surface area (Å²) in [6.45, 7) is 3.70. The lowest BCUT2D eigenvalue weighted by Gasteiger charge is -2.27. The third kappa shape index (κ3) is 3.54. The number of carbonyl (C=O) groups is 1. The van der Waals surface area contributed by atoms with Gasteiger partial charge in [0.2, 0.25) is 5.91 Å². The minimum atomic E-state index is -0.682. The number of nitrogens with one attached hydrogen (secondary N) is 1. The number of aromatic nitrogens is 2. The second kappa shape index (κ2) is 6.84. The number of fused-ring (bicyclic) bond motifs is 1. The molecular weight excluding hydrogens is 314 g/mol. The number of halogens is 1. The molecule has 120 valence electrons. The highest BCUT2D eigenvalue weighted by molar-refractivity contribution is 6.31. The van der Waals surface area contributed by atoms with Crippen LogP contribution in [0, 0.1) is 12.3 Å². The van der Waals surface area contributed by atoms with Gasteiger partial charge in [0.25, 0.3) is 5.56 Å². The quantitative estimate of drug-likeness (QED) is 0.855. The van der Waals surface area contributed by atoms with E-state index in [1.807, 2.05) is 13.8 Å². The van der Waals surface area contributed by atoms with E-state index >= 15 is 0 Å². The third-order valence-electron chi connectivity index (χ3n) is 3.96. The maximum Gasteiger partial charge on any atom is 0.261 e. The number of hydrogen-bond donors (Lipinski definition) is 1. The van der Waals surface area contributed by atoms with Crippen molar-refractivity contribution in [3.05, 3.63) is 39.9 Å². The van der Waals surface area contributed by atoms with Gasteiger partial charge < -0.3 is 5.32 Å². The van der Waals surface area contributed by atoms with Crippen LogP contribution < -0.4 is 10.9 Å². The first kappa shape index (κ1) is 17.0. The van der Waals surface area contributed by atoms with Gasteiger partial charge in [-0.1, -0.05) is 31.4 Å². The molecule has 6 heteroatoms. The molecule has 0 spiro atoms. The highest BCUT2D eigenvalue weighted by atomic mass is 35.5. The molecule has 0 bridgehead atoms. The first-order valence-corrected chi connectivity index (χ1v) is 7.76. The molecule has 0 atom stereocenters. The molecule has 1 amide bonds. The van der Waals surface area contributed by atoms with Crippen molar-refractivity contribution < 1.29 is 4.79 Å². The van der Waals surface area contributed by atoms with Crippen molar-refractivity contribution in [2.75, 3.05) is 0 Å². The van der Waals surface area contributed by atoms with Gasteiger partial charge in [0.1, 0.15) is 12.1 Å². The van der Waals surface area contributed by atoms with Crippen LogP contribution in [-0.4, -0.2) is 21.0 Å². The Balaban J connectivity index is 2.27. The summed E-state index contributed by atoms with van der Waals surface area (Å²) in [5, 5.41) is 3.75. The van der Waals surface area contributed by atoms with Gasteiger partial charge in [-0.25, -0.2) is 4.98 Å². The zero-order valence-electron chi connectivity index (χ0n) is 13.1. The molecule has 0 saturated carbocycles. The van der Waals surface area contributed by atoms with Gasteiger partial charge in [-0.2, -0.15) is 0 Å². The van der Waals surface area contributed by atoms with E-state index in [1.54, 1.807) is 18.2 Å². The van der Waals surface area contributed by atoms with Gasteiger partial charge in [-0.15, -0.1) is 6.42 Å². The summed E-state index contributed by atoms with van der Waals surface area (Å²) >= 11 is 5.88. The Kier molecular flexibility index (Phi) is 5.07.